The van der Waals surface area contributed by atoms with E-state index in [0.29, 0.717) is 24.7 Å². The van der Waals surface area contributed by atoms with Crippen LogP contribution in [0, 0.1) is 11.8 Å². The van der Waals surface area contributed by atoms with Gasteiger partial charge in [-0.05, 0) is 70.3 Å². The highest BCUT2D eigenvalue weighted by Crippen LogP contribution is 2.46. The van der Waals surface area contributed by atoms with Gasteiger partial charge in [0, 0.05) is 6.42 Å². The maximum Gasteiger partial charge on any atom is 0.408 e. The summed E-state index contributed by atoms with van der Waals surface area (Å²) in [5, 5.41) is 2.68. The molecule has 0 spiro atoms. The summed E-state index contributed by atoms with van der Waals surface area (Å²) in [4.78, 5) is 25.2. The molecule has 7 heteroatoms. The number of rotatable bonds is 9. The molecular formula is C22H32FNO5. The number of esters is 1. The normalized spacial score (nSPS) is 22.8. The Kier molecular flexibility index (Phi) is 6.98. The van der Waals surface area contributed by atoms with Gasteiger partial charge in [-0.2, -0.15) is 0 Å². The molecule has 29 heavy (non-hydrogen) atoms. The van der Waals surface area contributed by atoms with Crippen molar-refractivity contribution >= 4 is 12.1 Å². The first-order valence-electron chi connectivity index (χ1n) is 10.5. The molecule has 0 saturated heterocycles. The quantitative estimate of drug-likeness (QED) is 0.578. The number of alkyl carbamates (subject to hydrolysis) is 1. The minimum Gasteiger partial charge on any atom is -0.460 e. The van der Waals surface area contributed by atoms with Crippen molar-refractivity contribution < 1.29 is 28.2 Å². The molecule has 0 aromatic heterocycles. The number of amides is 1. The number of carbonyl (C=O) groups excluding carboxylic acids is 2. The molecule has 3 aliphatic carbocycles. The van der Waals surface area contributed by atoms with E-state index >= 15 is 0 Å². The minimum absolute atomic E-state index is 0.0383. The summed E-state index contributed by atoms with van der Waals surface area (Å²) >= 11 is 0. The maximum atomic E-state index is 12.9. The predicted molar refractivity (Wildman–Crippen MR) is 106 cm³/mol. The molecule has 1 unspecified atom stereocenters. The highest BCUT2D eigenvalue weighted by molar-refractivity contribution is 5.82. The van der Waals surface area contributed by atoms with Crippen LogP contribution in [0.25, 0.3) is 0 Å². The van der Waals surface area contributed by atoms with Crippen molar-refractivity contribution in [3.8, 4) is 0 Å². The van der Waals surface area contributed by atoms with Crippen molar-refractivity contribution in [3.05, 3.63) is 23.8 Å². The van der Waals surface area contributed by atoms with E-state index in [1.165, 1.54) is 0 Å². The number of allylic oxidation sites excluding steroid dienone is 1. The lowest BCUT2D eigenvalue weighted by Crippen LogP contribution is -2.45. The molecule has 162 valence electrons. The van der Waals surface area contributed by atoms with Gasteiger partial charge in [0.15, 0.2) is 6.86 Å². The molecule has 0 aliphatic heterocycles. The van der Waals surface area contributed by atoms with Gasteiger partial charge < -0.3 is 19.5 Å². The van der Waals surface area contributed by atoms with E-state index in [4.69, 9.17) is 14.2 Å². The van der Waals surface area contributed by atoms with Crippen LogP contribution in [-0.4, -0.2) is 42.8 Å². The lowest BCUT2D eigenvalue weighted by Gasteiger charge is -2.26. The number of halogens is 1. The van der Waals surface area contributed by atoms with E-state index in [0.717, 1.165) is 31.3 Å². The van der Waals surface area contributed by atoms with Crippen LogP contribution in [0.4, 0.5) is 9.18 Å². The smallest absolute Gasteiger partial charge is 0.408 e. The number of hydrogen-bond acceptors (Lipinski definition) is 5. The third-order valence-corrected chi connectivity index (χ3v) is 5.26. The van der Waals surface area contributed by atoms with Gasteiger partial charge in [-0.25, -0.2) is 14.0 Å². The summed E-state index contributed by atoms with van der Waals surface area (Å²) in [6.45, 7) is 4.48. The molecule has 1 N–H and O–H groups in total. The third kappa shape index (κ3) is 7.14. The van der Waals surface area contributed by atoms with Gasteiger partial charge in [-0.3, -0.25) is 0 Å². The van der Waals surface area contributed by atoms with Crippen molar-refractivity contribution in [1.82, 2.24) is 5.32 Å². The molecule has 3 rings (SSSR count). The zero-order valence-corrected chi connectivity index (χ0v) is 17.5. The molecule has 0 heterocycles. The second-order valence-corrected chi connectivity index (χ2v) is 9.17. The first-order valence-corrected chi connectivity index (χ1v) is 10.5. The van der Waals surface area contributed by atoms with Gasteiger partial charge in [0.1, 0.15) is 17.7 Å². The van der Waals surface area contributed by atoms with Crippen LogP contribution >= 0.6 is 0 Å². The van der Waals surface area contributed by atoms with Crippen LogP contribution in [0.2, 0.25) is 0 Å². The van der Waals surface area contributed by atoms with Crippen LogP contribution in [0.3, 0.4) is 0 Å². The Labute approximate surface area is 171 Å². The lowest BCUT2D eigenvalue weighted by atomic mass is 9.98. The molecule has 0 bridgehead atoms. The molecule has 6 nitrogen and oxygen atoms in total. The van der Waals surface area contributed by atoms with Crippen molar-refractivity contribution in [3.63, 3.8) is 0 Å². The first kappa shape index (κ1) is 21.8. The van der Waals surface area contributed by atoms with Crippen molar-refractivity contribution in [1.29, 1.82) is 0 Å². The van der Waals surface area contributed by atoms with Crippen LogP contribution in [0.15, 0.2) is 23.8 Å². The zero-order chi connectivity index (χ0) is 21.0. The SMILES string of the molecule is CC(C)(C)OC(=O)N[C@H](CC1=CCC(OCF)C=C1)C(=O)OC(C1CC1)C1CC1. The third-order valence-electron chi connectivity index (χ3n) is 5.26. The average molecular weight is 409 g/mol. The van der Waals surface area contributed by atoms with Gasteiger partial charge >= 0.3 is 12.1 Å². The molecule has 2 saturated carbocycles. The fourth-order valence-corrected chi connectivity index (χ4v) is 3.52. The van der Waals surface area contributed by atoms with Crippen LogP contribution in [-0.2, 0) is 19.0 Å². The summed E-state index contributed by atoms with van der Waals surface area (Å²) in [5.41, 5.74) is 0.209. The molecule has 0 aromatic carbocycles. The van der Waals surface area contributed by atoms with Gasteiger partial charge in [0.25, 0.3) is 0 Å². The fraction of sp³-hybridized carbons (Fsp3) is 0.727. The summed E-state index contributed by atoms with van der Waals surface area (Å²) in [6, 6.07) is -0.834. The Morgan fingerprint density at radius 2 is 1.86 bits per heavy atom. The number of hydrogen-bond donors (Lipinski definition) is 1. The minimum atomic E-state index is -0.836. The summed E-state index contributed by atoms with van der Waals surface area (Å²) in [6.07, 6.45) is 9.70. The second-order valence-electron chi connectivity index (χ2n) is 9.17. The van der Waals surface area contributed by atoms with Gasteiger partial charge in [-0.1, -0.05) is 18.2 Å². The van der Waals surface area contributed by atoms with E-state index in [9.17, 15) is 14.0 Å². The number of alkyl halides is 1. The Bertz CT molecular complexity index is 649. The predicted octanol–water partition coefficient (Wildman–Crippen LogP) is 4.20. The zero-order valence-electron chi connectivity index (χ0n) is 17.5. The van der Waals surface area contributed by atoms with E-state index in [1.54, 1.807) is 32.9 Å². The Hall–Kier alpha value is -1.89. The molecule has 2 fully saturated rings. The fourth-order valence-electron chi connectivity index (χ4n) is 3.52. The number of nitrogens with one attached hydrogen (secondary N) is 1. The topological polar surface area (TPSA) is 73.9 Å². The van der Waals surface area contributed by atoms with Crippen LogP contribution in [0.5, 0.6) is 0 Å². The molecule has 0 radical (unpaired) electrons. The summed E-state index contributed by atoms with van der Waals surface area (Å²) in [7, 11) is 0. The number of ether oxygens (including phenoxy) is 3. The van der Waals surface area contributed by atoms with Crippen LogP contribution < -0.4 is 5.32 Å². The van der Waals surface area contributed by atoms with Crippen molar-refractivity contribution in [2.75, 3.05) is 6.86 Å². The summed E-state index contributed by atoms with van der Waals surface area (Å²) in [5.74, 6) is 0.498. The lowest BCUT2D eigenvalue weighted by molar-refractivity contribution is -0.154. The van der Waals surface area contributed by atoms with Gasteiger partial charge in [0.2, 0.25) is 0 Å². The monoisotopic (exact) mass is 409 g/mol. The molecule has 3 aliphatic rings. The second kappa shape index (κ2) is 9.28. The number of carbonyl (C=O) groups is 2. The highest BCUT2D eigenvalue weighted by Gasteiger charge is 2.45. The maximum absolute atomic E-state index is 12.9. The molecule has 2 atom stereocenters. The van der Waals surface area contributed by atoms with Crippen molar-refractivity contribution in [2.24, 2.45) is 11.8 Å². The standard InChI is InChI=1S/C22H32FNO5/c1-22(2,3)29-21(26)24-18(12-14-4-10-17(11-5-14)27-13-23)20(25)28-19(15-6-7-15)16-8-9-16/h4-5,10,15-19H,6-9,11-13H2,1-3H3,(H,24,26)/t17?,18-/m1/s1. The molecular weight excluding hydrogens is 377 g/mol. The van der Waals surface area contributed by atoms with E-state index in [1.807, 2.05) is 6.08 Å². The highest BCUT2D eigenvalue weighted by atomic mass is 19.1. The Balaban J connectivity index is 1.63. The van der Waals surface area contributed by atoms with Crippen molar-refractivity contribution in [2.45, 2.75) is 83.1 Å². The largest absolute Gasteiger partial charge is 0.460 e. The van der Waals surface area contributed by atoms with E-state index in [-0.39, 0.29) is 12.2 Å². The average Bonchev–Trinajstić information content (AvgIpc) is 3.53. The molecule has 1 amide bonds. The van der Waals surface area contributed by atoms with Gasteiger partial charge in [0.05, 0.1) is 6.10 Å². The molecule has 0 aromatic rings. The Morgan fingerprint density at radius 3 is 2.34 bits per heavy atom. The van der Waals surface area contributed by atoms with Gasteiger partial charge in [-0.15, -0.1) is 0 Å². The summed E-state index contributed by atoms with van der Waals surface area (Å²) < 4.78 is 28.5. The van der Waals surface area contributed by atoms with E-state index < -0.39 is 30.6 Å². The van der Waals surface area contributed by atoms with E-state index in [2.05, 4.69) is 5.32 Å². The first-order chi connectivity index (χ1) is 13.7. The van der Waals surface area contributed by atoms with Crippen LogP contribution in [0.1, 0.15) is 59.3 Å². The Morgan fingerprint density at radius 1 is 1.21 bits per heavy atom.